The van der Waals surface area contributed by atoms with Crippen molar-refractivity contribution in [2.24, 2.45) is 40.4 Å². The standard InChI is InChI=1S/C22H32O5/c1-12-8-16-15-5-4-13-9-14(24)6-7-20(13,2)19(15)17(25)10-21(16,3)22(12,27)18(26)11-23/h12-13,15-16,19,23,27H,4-11H2,1-3H3/t12-,13-,15-,16-,19+,20-,21-,22-/m0/s1. The Bertz CT molecular complexity index is 701. The summed E-state index contributed by atoms with van der Waals surface area (Å²) < 4.78 is 0. The zero-order valence-electron chi connectivity index (χ0n) is 16.7. The van der Waals surface area contributed by atoms with Crippen LogP contribution >= 0.6 is 0 Å². The maximum Gasteiger partial charge on any atom is 0.190 e. The van der Waals surface area contributed by atoms with E-state index < -0.39 is 23.4 Å². The van der Waals surface area contributed by atoms with Crippen LogP contribution in [-0.4, -0.2) is 39.8 Å². The molecule has 0 saturated heterocycles. The van der Waals surface area contributed by atoms with Gasteiger partial charge in [0.25, 0.3) is 0 Å². The SMILES string of the molecule is C[C@H]1C[C@H]2[C@@H]3CC[C@H]4CC(=O)CC[C@]4(C)[C@H]3C(=O)C[C@]2(C)[C@@]1(O)C(=O)CO. The van der Waals surface area contributed by atoms with Gasteiger partial charge in [-0.1, -0.05) is 20.8 Å². The number of rotatable bonds is 2. The zero-order valence-corrected chi connectivity index (χ0v) is 16.7. The van der Waals surface area contributed by atoms with Gasteiger partial charge < -0.3 is 10.2 Å². The molecule has 8 atom stereocenters. The quantitative estimate of drug-likeness (QED) is 0.772. The molecule has 0 aromatic heterocycles. The van der Waals surface area contributed by atoms with Gasteiger partial charge in [0.15, 0.2) is 5.78 Å². The molecule has 150 valence electrons. The molecule has 0 heterocycles. The monoisotopic (exact) mass is 376 g/mol. The number of aliphatic hydroxyl groups excluding tert-OH is 1. The summed E-state index contributed by atoms with van der Waals surface area (Å²) in [4.78, 5) is 38.0. The third-order valence-corrected chi connectivity index (χ3v) is 9.32. The minimum Gasteiger partial charge on any atom is -0.388 e. The number of Topliss-reactive ketones (excluding diaryl/α,β-unsaturated/α-hetero) is 3. The van der Waals surface area contributed by atoms with Gasteiger partial charge in [0.05, 0.1) is 0 Å². The number of ketones is 3. The maximum atomic E-state index is 13.5. The highest BCUT2D eigenvalue weighted by molar-refractivity contribution is 5.93. The normalized spacial score (nSPS) is 52.1. The second kappa shape index (κ2) is 5.96. The highest BCUT2D eigenvalue weighted by atomic mass is 16.3. The fraction of sp³-hybridized carbons (Fsp3) is 0.864. The van der Waals surface area contributed by atoms with Crippen molar-refractivity contribution < 1.29 is 24.6 Å². The Morgan fingerprint density at radius 3 is 2.59 bits per heavy atom. The molecule has 0 bridgehead atoms. The van der Waals surface area contributed by atoms with Gasteiger partial charge in [-0.25, -0.2) is 0 Å². The lowest BCUT2D eigenvalue weighted by atomic mass is 9.44. The summed E-state index contributed by atoms with van der Waals surface area (Å²) >= 11 is 0. The van der Waals surface area contributed by atoms with E-state index in [1.54, 1.807) is 0 Å². The topological polar surface area (TPSA) is 91.7 Å². The number of carbonyl (C=O) groups excluding carboxylic acids is 3. The van der Waals surface area contributed by atoms with Crippen molar-refractivity contribution in [3.8, 4) is 0 Å². The van der Waals surface area contributed by atoms with Crippen LogP contribution in [0.4, 0.5) is 0 Å². The fourth-order valence-corrected chi connectivity index (χ4v) is 7.91. The fourth-order valence-electron chi connectivity index (χ4n) is 7.91. The van der Waals surface area contributed by atoms with Crippen LogP contribution < -0.4 is 0 Å². The lowest BCUT2D eigenvalue weighted by molar-refractivity contribution is -0.181. The first kappa shape index (κ1) is 19.3. The maximum absolute atomic E-state index is 13.5. The van der Waals surface area contributed by atoms with Crippen molar-refractivity contribution in [1.82, 2.24) is 0 Å². The predicted octanol–water partition coefficient (Wildman–Crippen LogP) is 2.32. The van der Waals surface area contributed by atoms with Gasteiger partial charge in [0.2, 0.25) is 0 Å². The molecule has 0 radical (unpaired) electrons. The van der Waals surface area contributed by atoms with Crippen LogP contribution in [0.1, 0.15) is 65.7 Å². The molecule has 0 amide bonds. The zero-order chi connectivity index (χ0) is 19.8. The van der Waals surface area contributed by atoms with Gasteiger partial charge in [-0.2, -0.15) is 0 Å². The Hall–Kier alpha value is -1.07. The third-order valence-electron chi connectivity index (χ3n) is 9.32. The van der Waals surface area contributed by atoms with E-state index >= 15 is 0 Å². The van der Waals surface area contributed by atoms with Crippen LogP contribution in [0, 0.1) is 40.4 Å². The van der Waals surface area contributed by atoms with Crippen molar-refractivity contribution in [1.29, 1.82) is 0 Å². The number of aliphatic hydroxyl groups is 2. The third kappa shape index (κ3) is 2.27. The second-order valence-electron chi connectivity index (χ2n) is 10.3. The summed E-state index contributed by atoms with van der Waals surface area (Å²) in [6.45, 7) is 5.28. The van der Waals surface area contributed by atoms with Crippen molar-refractivity contribution in [3.63, 3.8) is 0 Å². The van der Waals surface area contributed by atoms with Gasteiger partial charge in [-0.15, -0.1) is 0 Å². The molecule has 0 aliphatic heterocycles. The molecule has 0 unspecified atom stereocenters. The smallest absolute Gasteiger partial charge is 0.190 e. The van der Waals surface area contributed by atoms with E-state index in [2.05, 4.69) is 6.92 Å². The number of fused-ring (bicyclic) bond motifs is 5. The first-order valence-corrected chi connectivity index (χ1v) is 10.5. The summed E-state index contributed by atoms with van der Waals surface area (Å²) in [6, 6.07) is 0. The van der Waals surface area contributed by atoms with E-state index in [1.807, 2.05) is 13.8 Å². The Balaban J connectivity index is 1.74. The van der Waals surface area contributed by atoms with Crippen LogP contribution in [0.3, 0.4) is 0 Å². The second-order valence-corrected chi connectivity index (χ2v) is 10.3. The molecular formula is C22H32O5. The van der Waals surface area contributed by atoms with Crippen molar-refractivity contribution >= 4 is 17.3 Å². The van der Waals surface area contributed by atoms with Crippen molar-refractivity contribution in [3.05, 3.63) is 0 Å². The van der Waals surface area contributed by atoms with E-state index in [4.69, 9.17) is 0 Å². The molecule has 0 spiro atoms. The van der Waals surface area contributed by atoms with Crippen LogP contribution in [0.25, 0.3) is 0 Å². The number of hydrogen-bond acceptors (Lipinski definition) is 5. The van der Waals surface area contributed by atoms with E-state index in [0.717, 1.165) is 19.3 Å². The molecule has 0 aromatic carbocycles. The summed E-state index contributed by atoms with van der Waals surface area (Å²) in [5.41, 5.74) is -2.58. The van der Waals surface area contributed by atoms with Crippen LogP contribution in [0.15, 0.2) is 0 Å². The molecule has 4 aliphatic rings. The largest absolute Gasteiger partial charge is 0.388 e. The molecule has 5 nitrogen and oxygen atoms in total. The van der Waals surface area contributed by atoms with E-state index in [0.29, 0.717) is 25.0 Å². The highest BCUT2D eigenvalue weighted by Gasteiger charge is 2.71. The van der Waals surface area contributed by atoms with Gasteiger partial charge >= 0.3 is 0 Å². The molecule has 4 saturated carbocycles. The van der Waals surface area contributed by atoms with Gasteiger partial charge in [-0.05, 0) is 54.8 Å². The summed E-state index contributed by atoms with van der Waals surface area (Å²) in [5, 5.41) is 20.9. The summed E-state index contributed by atoms with van der Waals surface area (Å²) in [6.07, 6.45) is 4.69. The van der Waals surface area contributed by atoms with Gasteiger partial charge in [-0.3, -0.25) is 14.4 Å². The minimum atomic E-state index is -1.63. The van der Waals surface area contributed by atoms with Crippen molar-refractivity contribution in [2.45, 2.75) is 71.3 Å². The minimum absolute atomic E-state index is 0.0683. The molecular weight excluding hydrogens is 344 g/mol. The first-order valence-electron chi connectivity index (χ1n) is 10.5. The molecule has 4 aliphatic carbocycles. The number of carbonyl (C=O) groups is 3. The lowest BCUT2D eigenvalue weighted by Crippen LogP contribution is -2.63. The Labute approximate surface area is 160 Å². The molecule has 27 heavy (non-hydrogen) atoms. The van der Waals surface area contributed by atoms with E-state index in [-0.39, 0.29) is 47.2 Å². The lowest BCUT2D eigenvalue weighted by Gasteiger charge is -2.59. The molecule has 2 N–H and O–H groups in total. The van der Waals surface area contributed by atoms with Gasteiger partial charge in [0, 0.05) is 30.6 Å². The first-order chi connectivity index (χ1) is 12.6. The number of hydrogen-bond donors (Lipinski definition) is 2. The van der Waals surface area contributed by atoms with Crippen molar-refractivity contribution in [2.75, 3.05) is 6.61 Å². The Morgan fingerprint density at radius 1 is 1.22 bits per heavy atom. The Kier molecular flexibility index (Phi) is 4.25. The molecule has 4 fully saturated rings. The molecule has 0 aromatic rings. The highest BCUT2D eigenvalue weighted by Crippen LogP contribution is 2.68. The average Bonchev–Trinajstić information content (AvgIpc) is 2.82. The van der Waals surface area contributed by atoms with Gasteiger partial charge in [0.1, 0.15) is 23.8 Å². The summed E-state index contributed by atoms with van der Waals surface area (Å²) in [7, 11) is 0. The van der Waals surface area contributed by atoms with E-state index in [9.17, 15) is 24.6 Å². The van der Waals surface area contributed by atoms with E-state index in [1.165, 1.54) is 0 Å². The predicted molar refractivity (Wildman–Crippen MR) is 98.7 cm³/mol. The summed E-state index contributed by atoms with van der Waals surface area (Å²) in [5.74, 6) is 0.137. The van der Waals surface area contributed by atoms with Crippen LogP contribution in [0.5, 0.6) is 0 Å². The molecule has 5 heteroatoms. The Morgan fingerprint density at radius 2 is 1.93 bits per heavy atom. The average molecular weight is 376 g/mol. The van der Waals surface area contributed by atoms with Crippen LogP contribution in [0.2, 0.25) is 0 Å². The van der Waals surface area contributed by atoms with Crippen LogP contribution in [-0.2, 0) is 14.4 Å². The molecule has 4 rings (SSSR count).